The highest BCUT2D eigenvalue weighted by Gasteiger charge is 2.17. The number of nitrogens with zero attached hydrogens (tertiary/aromatic N) is 1. The van der Waals surface area contributed by atoms with Gasteiger partial charge in [-0.1, -0.05) is 0 Å². The third kappa shape index (κ3) is 1.18. The number of Topliss-reactive ketones (excluding diaryl/α,β-unsaturated/α-hetero) is 1. The first-order valence-electron chi connectivity index (χ1n) is 2.53. The maximum atomic E-state index is 11.6. The molecule has 0 saturated heterocycles. The summed E-state index contributed by atoms with van der Waals surface area (Å²) in [7, 11) is 0. The number of aromatic nitrogens is 2. The van der Waals surface area contributed by atoms with Crippen LogP contribution in [0.25, 0.3) is 0 Å². The Morgan fingerprint density at radius 2 is 2.40 bits per heavy atom. The van der Waals surface area contributed by atoms with Crippen molar-refractivity contribution in [2.75, 3.05) is 0 Å². The lowest BCUT2D eigenvalue weighted by Crippen LogP contribution is -2.08. The van der Waals surface area contributed by atoms with E-state index in [2.05, 4.69) is 10.2 Å². The van der Waals surface area contributed by atoms with Gasteiger partial charge < -0.3 is 0 Å². The lowest BCUT2D eigenvalue weighted by Gasteiger charge is -1.90. The zero-order valence-electron chi connectivity index (χ0n) is 4.84. The van der Waals surface area contributed by atoms with Gasteiger partial charge in [-0.05, 0) is 0 Å². The first-order valence-corrected chi connectivity index (χ1v) is 2.53. The number of ketones is 1. The Kier molecular flexibility index (Phi) is 1.75. The fraction of sp³-hybridized carbons (Fsp3) is 0.200. The largest absolute Gasteiger partial charge is 0.300 e. The minimum absolute atomic E-state index is 0.0880. The number of halogens is 2. The summed E-state index contributed by atoms with van der Waals surface area (Å²) in [6.07, 6.45) is -0.749. The van der Waals surface area contributed by atoms with Crippen molar-refractivity contribution in [2.45, 2.75) is 6.43 Å². The van der Waals surface area contributed by atoms with Gasteiger partial charge in [-0.15, -0.1) is 0 Å². The van der Waals surface area contributed by atoms with E-state index in [1.54, 1.807) is 0 Å². The summed E-state index contributed by atoms with van der Waals surface area (Å²) >= 11 is 0. The van der Waals surface area contributed by atoms with E-state index in [4.69, 9.17) is 0 Å². The van der Waals surface area contributed by atoms with Crippen LogP contribution in [0, 0.1) is 0 Å². The maximum Gasteiger partial charge on any atom is 0.300 e. The van der Waals surface area contributed by atoms with Gasteiger partial charge in [0.2, 0.25) is 5.78 Å². The van der Waals surface area contributed by atoms with Gasteiger partial charge in [-0.3, -0.25) is 9.89 Å². The van der Waals surface area contributed by atoms with Crippen LogP contribution < -0.4 is 0 Å². The third-order valence-electron chi connectivity index (χ3n) is 0.981. The number of hydrogen-bond acceptors (Lipinski definition) is 2. The van der Waals surface area contributed by atoms with Crippen molar-refractivity contribution >= 4 is 5.78 Å². The number of carbonyl (C=O) groups excluding carboxylic acids is 1. The van der Waals surface area contributed by atoms with Crippen LogP contribution in [0.15, 0.2) is 12.4 Å². The van der Waals surface area contributed by atoms with Gasteiger partial charge in [-0.25, -0.2) is 8.78 Å². The van der Waals surface area contributed by atoms with Crippen molar-refractivity contribution in [1.29, 1.82) is 0 Å². The number of hydrogen-bond donors (Lipinski definition) is 1. The molecule has 0 spiro atoms. The molecule has 1 aromatic heterocycles. The van der Waals surface area contributed by atoms with Gasteiger partial charge in [0.1, 0.15) is 0 Å². The molecule has 1 rings (SSSR count). The summed E-state index contributed by atoms with van der Waals surface area (Å²) < 4.78 is 23.2. The van der Waals surface area contributed by atoms with Crippen molar-refractivity contribution in [3.8, 4) is 0 Å². The van der Waals surface area contributed by atoms with Crippen molar-refractivity contribution in [1.82, 2.24) is 10.2 Å². The quantitative estimate of drug-likeness (QED) is 0.629. The molecule has 0 aromatic carbocycles. The van der Waals surface area contributed by atoms with E-state index >= 15 is 0 Å². The zero-order chi connectivity index (χ0) is 7.56. The van der Waals surface area contributed by atoms with E-state index in [0.717, 1.165) is 12.4 Å². The predicted octanol–water partition coefficient (Wildman–Crippen LogP) is 0.857. The summed E-state index contributed by atoms with van der Waals surface area (Å²) in [5.74, 6) is -1.20. The van der Waals surface area contributed by atoms with Gasteiger partial charge in [-0.2, -0.15) is 5.10 Å². The SMILES string of the molecule is O=C(c1cn[nH]c1)C(F)F. The predicted molar refractivity (Wildman–Crippen MR) is 28.9 cm³/mol. The smallest absolute Gasteiger partial charge is 0.288 e. The molecule has 0 aliphatic heterocycles. The van der Waals surface area contributed by atoms with Gasteiger partial charge in [0.15, 0.2) is 0 Å². The van der Waals surface area contributed by atoms with Crippen LogP contribution in [-0.2, 0) is 0 Å². The molecule has 0 unspecified atom stereocenters. The van der Waals surface area contributed by atoms with Crippen molar-refractivity contribution in [2.24, 2.45) is 0 Å². The van der Waals surface area contributed by atoms with E-state index in [9.17, 15) is 13.6 Å². The Morgan fingerprint density at radius 3 is 2.80 bits per heavy atom. The van der Waals surface area contributed by atoms with Crippen LogP contribution >= 0.6 is 0 Å². The molecule has 0 radical (unpaired) electrons. The van der Waals surface area contributed by atoms with E-state index in [-0.39, 0.29) is 5.56 Å². The molecule has 54 valence electrons. The molecular weight excluding hydrogens is 142 g/mol. The fourth-order valence-corrected chi connectivity index (χ4v) is 0.512. The molecule has 5 heteroatoms. The Labute approximate surface area is 55.1 Å². The normalized spacial score (nSPS) is 10.3. The minimum Gasteiger partial charge on any atom is -0.288 e. The van der Waals surface area contributed by atoms with E-state index < -0.39 is 12.2 Å². The molecule has 1 aromatic rings. The van der Waals surface area contributed by atoms with Crippen molar-refractivity contribution in [3.63, 3.8) is 0 Å². The number of carbonyl (C=O) groups is 1. The number of nitrogens with one attached hydrogen (secondary N) is 1. The summed E-state index contributed by atoms with van der Waals surface area (Å²) in [6.45, 7) is 0. The standard InChI is InChI=1S/C5H4F2N2O/c6-5(7)4(10)3-1-8-9-2-3/h1-2,5H,(H,8,9). The topological polar surface area (TPSA) is 45.8 Å². The number of H-pyrrole nitrogens is 1. The van der Waals surface area contributed by atoms with Gasteiger partial charge >= 0.3 is 6.43 Å². The Bertz CT molecular complexity index is 220. The summed E-state index contributed by atoms with van der Waals surface area (Å²) in [5.41, 5.74) is -0.0880. The minimum atomic E-state index is -2.95. The van der Waals surface area contributed by atoms with Crippen LogP contribution in [0.1, 0.15) is 10.4 Å². The van der Waals surface area contributed by atoms with Gasteiger partial charge in [0.25, 0.3) is 0 Å². The van der Waals surface area contributed by atoms with E-state index in [0.29, 0.717) is 0 Å². The summed E-state index contributed by atoms with van der Waals surface area (Å²) in [5, 5.41) is 5.61. The number of rotatable bonds is 2. The molecular formula is C5H4F2N2O. The molecule has 0 atom stereocenters. The van der Waals surface area contributed by atoms with Crippen LogP contribution in [0.2, 0.25) is 0 Å². The molecule has 10 heavy (non-hydrogen) atoms. The summed E-state index contributed by atoms with van der Waals surface area (Å²) in [4.78, 5) is 10.4. The first-order chi connectivity index (χ1) is 4.72. The molecule has 1 heterocycles. The molecule has 0 aliphatic rings. The first kappa shape index (κ1) is 6.85. The second-order valence-electron chi connectivity index (χ2n) is 1.65. The maximum absolute atomic E-state index is 11.6. The molecule has 3 nitrogen and oxygen atoms in total. The summed E-state index contributed by atoms with van der Waals surface area (Å²) in [6, 6.07) is 0. The van der Waals surface area contributed by atoms with E-state index in [1.165, 1.54) is 0 Å². The monoisotopic (exact) mass is 146 g/mol. The highest BCUT2D eigenvalue weighted by atomic mass is 19.3. The second kappa shape index (κ2) is 2.55. The molecule has 0 bridgehead atoms. The highest BCUT2D eigenvalue weighted by molar-refractivity contribution is 5.97. The molecule has 1 N–H and O–H groups in total. The number of alkyl halides is 2. The van der Waals surface area contributed by atoms with Gasteiger partial charge in [0.05, 0.1) is 11.8 Å². The van der Waals surface area contributed by atoms with Crippen molar-refractivity contribution in [3.05, 3.63) is 18.0 Å². The highest BCUT2D eigenvalue weighted by Crippen LogP contribution is 2.03. The third-order valence-corrected chi connectivity index (χ3v) is 0.981. The lowest BCUT2D eigenvalue weighted by atomic mass is 10.2. The Hall–Kier alpha value is -1.26. The second-order valence-corrected chi connectivity index (χ2v) is 1.65. The van der Waals surface area contributed by atoms with E-state index in [1.807, 2.05) is 0 Å². The zero-order valence-corrected chi connectivity index (χ0v) is 4.84. The molecule has 0 amide bonds. The fourth-order valence-electron chi connectivity index (χ4n) is 0.512. The van der Waals surface area contributed by atoms with Crippen molar-refractivity contribution < 1.29 is 13.6 Å². The number of aromatic amines is 1. The molecule has 0 aliphatic carbocycles. The average Bonchev–Trinajstić information content (AvgIpc) is 2.36. The Morgan fingerprint density at radius 1 is 1.70 bits per heavy atom. The molecule has 0 saturated carbocycles. The van der Waals surface area contributed by atoms with Crippen LogP contribution in [0.3, 0.4) is 0 Å². The lowest BCUT2D eigenvalue weighted by molar-refractivity contribution is 0.0679. The van der Waals surface area contributed by atoms with Crippen LogP contribution in [-0.4, -0.2) is 22.4 Å². The Balaban J connectivity index is 2.78. The average molecular weight is 146 g/mol. The van der Waals surface area contributed by atoms with Crippen LogP contribution in [0.4, 0.5) is 8.78 Å². The molecule has 0 fully saturated rings. The van der Waals surface area contributed by atoms with Gasteiger partial charge in [0, 0.05) is 6.20 Å². The van der Waals surface area contributed by atoms with Crippen LogP contribution in [0.5, 0.6) is 0 Å².